The van der Waals surface area contributed by atoms with Gasteiger partial charge in [-0.05, 0) is 40.9 Å². The molecule has 1 aliphatic rings. The van der Waals surface area contributed by atoms with Crippen LogP contribution in [0.3, 0.4) is 0 Å². The highest BCUT2D eigenvalue weighted by Gasteiger charge is 2.64. The average Bonchev–Trinajstić information content (AvgIpc) is 2.81. The molecule has 0 aromatic carbocycles. The number of halogens is 4. The van der Waals surface area contributed by atoms with Crippen molar-refractivity contribution in [3.05, 3.63) is 20.8 Å². The number of nitrogens with one attached hydrogen (secondary N) is 1. The molecular weight excluding hydrogens is 307 g/mol. The van der Waals surface area contributed by atoms with Gasteiger partial charge < -0.3 is 5.32 Å². The number of hydrogen-bond donors (Lipinski definition) is 1. The lowest BCUT2D eigenvalue weighted by Gasteiger charge is -2.20. The Hall–Kier alpha value is -0.560. The Morgan fingerprint density at radius 2 is 2.06 bits per heavy atom. The number of carbonyl (C=O) groups excluding carboxylic acids is 1. The molecule has 2 nitrogen and oxygen atoms in total. The minimum Gasteiger partial charge on any atom is -0.337 e. The molecule has 1 aliphatic carbocycles. The molecule has 1 fully saturated rings. The van der Waals surface area contributed by atoms with E-state index in [0.29, 0.717) is 0 Å². The Balaban J connectivity index is 2.09. The third kappa shape index (κ3) is 2.10. The summed E-state index contributed by atoms with van der Waals surface area (Å²) in [5.74, 6) is -0.662. The zero-order valence-electron chi connectivity index (χ0n) is 7.90. The van der Waals surface area contributed by atoms with Gasteiger partial charge >= 0.3 is 6.18 Å². The van der Waals surface area contributed by atoms with E-state index in [1.807, 2.05) is 0 Å². The number of amides is 1. The van der Waals surface area contributed by atoms with Crippen LogP contribution in [0.2, 0.25) is 0 Å². The zero-order chi connectivity index (χ0) is 12.0. The Kier molecular flexibility index (Phi) is 2.78. The summed E-state index contributed by atoms with van der Waals surface area (Å²) in [5.41, 5.74) is -1.99. The second kappa shape index (κ2) is 3.73. The summed E-state index contributed by atoms with van der Waals surface area (Å²) in [5, 5.41) is 2.06. The molecule has 0 unspecified atom stereocenters. The minimum atomic E-state index is -4.36. The molecule has 0 spiro atoms. The molecular formula is C9H7BrF3NOS. The maximum Gasteiger partial charge on any atom is 0.411 e. The Labute approximate surface area is 102 Å². The van der Waals surface area contributed by atoms with Gasteiger partial charge in [0.25, 0.3) is 5.91 Å². The second-order valence-corrected chi connectivity index (χ2v) is 6.10. The van der Waals surface area contributed by atoms with Crippen molar-refractivity contribution in [2.24, 2.45) is 0 Å². The molecule has 1 N–H and O–H groups in total. The van der Waals surface area contributed by atoms with Crippen LogP contribution in [0.4, 0.5) is 13.2 Å². The highest BCUT2D eigenvalue weighted by Crippen LogP contribution is 2.49. The monoisotopic (exact) mass is 313 g/mol. The van der Waals surface area contributed by atoms with Gasteiger partial charge in [0, 0.05) is 0 Å². The predicted molar refractivity (Wildman–Crippen MR) is 57.5 cm³/mol. The van der Waals surface area contributed by atoms with E-state index in [0.717, 1.165) is 15.1 Å². The van der Waals surface area contributed by atoms with E-state index >= 15 is 0 Å². The van der Waals surface area contributed by atoms with Gasteiger partial charge in [0.15, 0.2) is 0 Å². The van der Waals surface area contributed by atoms with Crippen LogP contribution in [0.5, 0.6) is 0 Å². The van der Waals surface area contributed by atoms with Crippen LogP contribution in [0, 0.1) is 0 Å². The van der Waals surface area contributed by atoms with Crippen LogP contribution < -0.4 is 5.32 Å². The number of carbonyl (C=O) groups is 1. The van der Waals surface area contributed by atoms with Crippen LogP contribution in [0.1, 0.15) is 22.5 Å². The molecule has 2 rings (SSSR count). The van der Waals surface area contributed by atoms with Crippen molar-refractivity contribution in [3.8, 4) is 0 Å². The van der Waals surface area contributed by atoms with Crippen LogP contribution in [0.15, 0.2) is 15.9 Å². The van der Waals surface area contributed by atoms with Crippen molar-refractivity contribution in [2.75, 3.05) is 0 Å². The summed E-state index contributed by atoms with van der Waals surface area (Å²) in [6.07, 6.45) is -4.43. The molecule has 1 aromatic rings. The fourth-order valence-corrected chi connectivity index (χ4v) is 2.60. The molecule has 1 heterocycles. The molecule has 0 radical (unpaired) electrons. The average molecular weight is 314 g/mol. The van der Waals surface area contributed by atoms with Gasteiger partial charge in [-0.2, -0.15) is 13.2 Å². The minimum absolute atomic E-state index is 0.0330. The van der Waals surface area contributed by atoms with Gasteiger partial charge in [0.05, 0.1) is 8.66 Å². The van der Waals surface area contributed by atoms with Gasteiger partial charge in [0.2, 0.25) is 0 Å². The van der Waals surface area contributed by atoms with Crippen LogP contribution in [-0.4, -0.2) is 17.6 Å². The number of hydrogen-bond acceptors (Lipinski definition) is 2. The Morgan fingerprint density at radius 3 is 2.44 bits per heavy atom. The topological polar surface area (TPSA) is 29.1 Å². The van der Waals surface area contributed by atoms with Crippen LogP contribution in [-0.2, 0) is 0 Å². The van der Waals surface area contributed by atoms with Gasteiger partial charge in [0.1, 0.15) is 5.54 Å². The van der Waals surface area contributed by atoms with E-state index in [4.69, 9.17) is 0 Å². The van der Waals surface area contributed by atoms with E-state index in [1.54, 1.807) is 6.07 Å². The molecule has 88 valence electrons. The highest BCUT2D eigenvalue weighted by atomic mass is 79.9. The Morgan fingerprint density at radius 1 is 1.44 bits per heavy atom. The summed E-state index contributed by atoms with van der Waals surface area (Å²) in [6, 6.07) is 3.13. The number of thiophene rings is 1. The summed E-state index contributed by atoms with van der Waals surface area (Å²) in [6.45, 7) is 0. The first-order valence-corrected chi connectivity index (χ1v) is 6.10. The molecule has 1 amide bonds. The largest absolute Gasteiger partial charge is 0.411 e. The molecule has 7 heteroatoms. The lowest BCUT2D eigenvalue weighted by atomic mass is 10.2. The first-order valence-electron chi connectivity index (χ1n) is 4.49. The third-order valence-electron chi connectivity index (χ3n) is 2.44. The fraction of sp³-hybridized carbons (Fsp3) is 0.444. The first-order chi connectivity index (χ1) is 7.34. The molecule has 0 atom stereocenters. The van der Waals surface area contributed by atoms with Gasteiger partial charge in [-0.1, -0.05) is 0 Å². The quantitative estimate of drug-likeness (QED) is 0.891. The van der Waals surface area contributed by atoms with Gasteiger partial charge in [-0.15, -0.1) is 11.3 Å². The molecule has 0 aliphatic heterocycles. The summed E-state index contributed by atoms with van der Waals surface area (Å²) in [4.78, 5) is 11.8. The van der Waals surface area contributed by atoms with E-state index in [2.05, 4.69) is 21.2 Å². The standard InChI is InChI=1S/C9H7BrF3NOS/c10-6-2-1-5(16-6)7(15)14-8(3-4-8)9(11,12)13/h1-2H,3-4H2,(H,14,15). The fourth-order valence-electron chi connectivity index (χ4n) is 1.32. The highest BCUT2D eigenvalue weighted by molar-refractivity contribution is 9.11. The van der Waals surface area contributed by atoms with Crippen molar-refractivity contribution >= 4 is 33.2 Å². The maximum atomic E-state index is 12.6. The summed E-state index contributed by atoms with van der Waals surface area (Å²) in [7, 11) is 0. The third-order valence-corrected chi connectivity index (χ3v) is 4.06. The lowest BCUT2D eigenvalue weighted by molar-refractivity contribution is -0.163. The van der Waals surface area contributed by atoms with Gasteiger partial charge in [-0.3, -0.25) is 4.79 Å². The van der Waals surface area contributed by atoms with E-state index in [9.17, 15) is 18.0 Å². The molecule has 16 heavy (non-hydrogen) atoms. The van der Waals surface area contributed by atoms with Crippen molar-refractivity contribution in [1.29, 1.82) is 0 Å². The van der Waals surface area contributed by atoms with Gasteiger partial charge in [-0.25, -0.2) is 0 Å². The Bertz CT molecular complexity index is 425. The van der Waals surface area contributed by atoms with Crippen LogP contribution in [0.25, 0.3) is 0 Å². The van der Waals surface area contributed by atoms with Crippen molar-refractivity contribution in [3.63, 3.8) is 0 Å². The van der Waals surface area contributed by atoms with Crippen LogP contribution >= 0.6 is 27.3 Å². The normalized spacial score (nSPS) is 18.2. The van der Waals surface area contributed by atoms with E-state index in [1.165, 1.54) is 6.07 Å². The smallest absolute Gasteiger partial charge is 0.337 e. The summed E-state index contributed by atoms with van der Waals surface area (Å²) >= 11 is 4.26. The van der Waals surface area contributed by atoms with E-state index < -0.39 is 17.6 Å². The SMILES string of the molecule is O=C(NC1(C(F)(F)F)CC1)c1ccc(Br)s1. The van der Waals surface area contributed by atoms with Crippen molar-refractivity contribution < 1.29 is 18.0 Å². The number of rotatable bonds is 2. The second-order valence-electron chi connectivity index (χ2n) is 3.64. The predicted octanol–water partition coefficient (Wildman–Crippen LogP) is 3.34. The van der Waals surface area contributed by atoms with E-state index in [-0.39, 0.29) is 17.7 Å². The first kappa shape index (κ1) is 11.9. The molecule has 0 bridgehead atoms. The lowest BCUT2D eigenvalue weighted by Crippen LogP contribution is -2.47. The molecule has 0 saturated heterocycles. The maximum absolute atomic E-state index is 12.6. The molecule has 1 aromatic heterocycles. The number of alkyl halides is 3. The zero-order valence-corrected chi connectivity index (χ0v) is 10.3. The summed E-state index contributed by atoms with van der Waals surface area (Å²) < 4.78 is 38.4. The molecule has 1 saturated carbocycles. The van der Waals surface area contributed by atoms with Crippen molar-refractivity contribution in [1.82, 2.24) is 5.32 Å². The van der Waals surface area contributed by atoms with Crippen molar-refractivity contribution in [2.45, 2.75) is 24.6 Å².